The zero-order valence-electron chi connectivity index (χ0n) is 3.38. The van der Waals surface area contributed by atoms with E-state index in [-0.39, 0.29) is 18.9 Å². The Morgan fingerprint density at radius 2 is 1.17 bits per heavy atom. The van der Waals surface area contributed by atoms with Crippen LogP contribution in [-0.4, -0.2) is 27.3 Å². The van der Waals surface area contributed by atoms with Gasteiger partial charge in [0.2, 0.25) is 0 Å². The molecule has 0 unspecified atom stereocenters. The molecule has 0 aromatic rings. The Morgan fingerprint density at radius 1 is 1.17 bits per heavy atom. The van der Waals surface area contributed by atoms with E-state index in [2.05, 4.69) is 10.3 Å². The molecule has 0 saturated heterocycles. The summed E-state index contributed by atoms with van der Waals surface area (Å²) in [7, 11) is -3.67. The first kappa shape index (κ1) is 9.69. The summed E-state index contributed by atoms with van der Waals surface area (Å²) in [6.07, 6.45) is 0. The first-order chi connectivity index (χ1) is 2.00. The molecule has 0 saturated carbocycles. The van der Waals surface area contributed by atoms with Crippen molar-refractivity contribution in [2.75, 3.05) is 0 Å². The van der Waals surface area contributed by atoms with Crippen molar-refractivity contribution in [1.29, 1.82) is 0 Å². The second kappa shape index (κ2) is 2.61. The quantitative estimate of drug-likeness (QED) is 0.340. The molecule has 0 aliphatic heterocycles. The van der Waals surface area contributed by atoms with E-state index >= 15 is 0 Å². The summed E-state index contributed by atoms with van der Waals surface area (Å²) < 4.78 is 18.4. The van der Waals surface area contributed by atoms with E-state index in [1.807, 2.05) is 0 Å². The van der Waals surface area contributed by atoms with E-state index < -0.39 is 10.2 Å². The molecule has 0 heterocycles. The van der Waals surface area contributed by atoms with Crippen LogP contribution in [0.3, 0.4) is 0 Å². The van der Waals surface area contributed by atoms with E-state index in [1.165, 1.54) is 0 Å². The average molecular weight is 103 g/mol. The molecule has 1 radical (unpaired) electrons. The fourth-order valence-corrected chi connectivity index (χ4v) is 0. The van der Waals surface area contributed by atoms with Crippen molar-refractivity contribution in [1.82, 2.24) is 0 Å². The number of rotatable bonds is 0. The molecule has 4 N–H and O–H groups in total. The van der Waals surface area contributed by atoms with Crippen molar-refractivity contribution in [2.24, 2.45) is 10.3 Å². The molecule has 0 aromatic carbocycles. The molecule has 6 heteroatoms. The van der Waals surface area contributed by atoms with Crippen LogP contribution in [0.2, 0.25) is 0 Å². The summed E-state index contributed by atoms with van der Waals surface area (Å²) in [5, 5.41) is 8.21. The minimum absolute atomic E-state index is 0. The third kappa shape index (κ3) is 246. The van der Waals surface area contributed by atoms with Gasteiger partial charge < -0.3 is 0 Å². The fraction of sp³-hybridized carbons (Fsp3) is 0. The third-order valence-corrected chi connectivity index (χ3v) is 0. The maximum absolute atomic E-state index is 9.19. The maximum atomic E-state index is 9.19. The van der Waals surface area contributed by atoms with Crippen molar-refractivity contribution < 1.29 is 8.42 Å². The molecule has 0 aliphatic rings. The van der Waals surface area contributed by atoms with Gasteiger partial charge in [0, 0.05) is 18.9 Å². The van der Waals surface area contributed by atoms with Crippen molar-refractivity contribution in [3.63, 3.8) is 0 Å². The van der Waals surface area contributed by atoms with Crippen molar-refractivity contribution in [2.45, 2.75) is 0 Å². The topological polar surface area (TPSA) is 86.2 Å². The van der Waals surface area contributed by atoms with E-state index in [0.717, 1.165) is 0 Å². The second-order valence-corrected chi connectivity index (χ2v) is 1.77. The molecular formula is H4LiN2O2S. The maximum Gasteiger partial charge on any atom is 0.271 e. The smallest absolute Gasteiger partial charge is 0.216 e. The Morgan fingerprint density at radius 3 is 1.17 bits per heavy atom. The Balaban J connectivity index is 0. The predicted octanol–water partition coefficient (Wildman–Crippen LogP) is -2.23. The van der Waals surface area contributed by atoms with Gasteiger partial charge in [0.1, 0.15) is 0 Å². The van der Waals surface area contributed by atoms with Crippen molar-refractivity contribution in [3.8, 4) is 0 Å². The van der Waals surface area contributed by atoms with Gasteiger partial charge in [0.15, 0.2) is 0 Å². The Bertz CT molecular complexity index is 94.7. The molecule has 0 spiro atoms. The van der Waals surface area contributed by atoms with Crippen molar-refractivity contribution >= 4 is 29.1 Å². The van der Waals surface area contributed by atoms with Gasteiger partial charge in [-0.05, 0) is 0 Å². The SMILES string of the molecule is NS(N)(=O)=O.[Li]. The zero-order valence-corrected chi connectivity index (χ0v) is 4.20. The first-order valence-electron chi connectivity index (χ1n) is 0.805. The van der Waals surface area contributed by atoms with Crippen LogP contribution < -0.4 is 10.3 Å². The van der Waals surface area contributed by atoms with Gasteiger partial charge in [-0.2, -0.15) is 8.42 Å². The van der Waals surface area contributed by atoms with Crippen LogP contribution in [0.1, 0.15) is 0 Å². The van der Waals surface area contributed by atoms with Gasteiger partial charge in [-0.1, -0.05) is 0 Å². The van der Waals surface area contributed by atoms with Crippen LogP contribution in [0.5, 0.6) is 0 Å². The molecule has 4 nitrogen and oxygen atoms in total. The van der Waals surface area contributed by atoms with Gasteiger partial charge in [0.05, 0.1) is 0 Å². The van der Waals surface area contributed by atoms with Crippen LogP contribution >= 0.6 is 0 Å². The third-order valence-electron chi connectivity index (χ3n) is 0. The zero-order chi connectivity index (χ0) is 4.50. The number of hydrogen-bond donors (Lipinski definition) is 2. The Labute approximate surface area is 48.2 Å². The molecule has 0 bridgehead atoms. The van der Waals surface area contributed by atoms with Gasteiger partial charge in [-0.15, -0.1) is 0 Å². The minimum atomic E-state index is -3.67. The molecule has 0 aromatic heterocycles. The first-order valence-corrected chi connectivity index (χ1v) is 2.41. The van der Waals surface area contributed by atoms with Crippen LogP contribution in [0.15, 0.2) is 0 Å². The van der Waals surface area contributed by atoms with E-state index in [9.17, 15) is 8.42 Å². The van der Waals surface area contributed by atoms with Gasteiger partial charge in [-0.25, -0.2) is 10.3 Å². The predicted molar refractivity (Wildman–Crippen MR) is 23.0 cm³/mol. The second-order valence-electron chi connectivity index (χ2n) is 0.589. The summed E-state index contributed by atoms with van der Waals surface area (Å²) in [5.74, 6) is 0. The normalized spacial score (nSPS) is 9.67. The van der Waals surface area contributed by atoms with Crippen molar-refractivity contribution in [3.05, 3.63) is 0 Å². The standard InChI is InChI=1S/Li.H4N2O2S/c;1-5(2,3)4/h;(H4,1,2,3,4). The molecule has 0 atom stereocenters. The van der Waals surface area contributed by atoms with E-state index in [0.29, 0.717) is 0 Å². The summed E-state index contributed by atoms with van der Waals surface area (Å²) in [6, 6.07) is 0. The van der Waals surface area contributed by atoms with E-state index in [1.54, 1.807) is 0 Å². The fourth-order valence-electron chi connectivity index (χ4n) is 0. The summed E-state index contributed by atoms with van der Waals surface area (Å²) >= 11 is 0. The Hall–Kier alpha value is 0.467. The van der Waals surface area contributed by atoms with Crippen LogP contribution in [-0.2, 0) is 10.2 Å². The van der Waals surface area contributed by atoms with Crippen LogP contribution in [0, 0.1) is 0 Å². The molecule has 0 fully saturated rings. The molecule has 0 amide bonds. The summed E-state index contributed by atoms with van der Waals surface area (Å²) in [5.41, 5.74) is 0. The molecule has 33 valence electrons. The average Bonchev–Trinajstić information content (AvgIpc) is 0.722. The minimum Gasteiger partial charge on any atom is -0.216 e. The van der Waals surface area contributed by atoms with Gasteiger partial charge >= 0.3 is 0 Å². The van der Waals surface area contributed by atoms with Crippen LogP contribution in [0.25, 0.3) is 0 Å². The van der Waals surface area contributed by atoms with Crippen LogP contribution in [0.4, 0.5) is 0 Å². The molecule has 0 rings (SSSR count). The molecular weight excluding hydrogens is 99.0 g/mol. The van der Waals surface area contributed by atoms with Gasteiger partial charge in [0.25, 0.3) is 10.2 Å². The molecule has 6 heavy (non-hydrogen) atoms. The molecule has 0 aliphatic carbocycles. The van der Waals surface area contributed by atoms with Gasteiger partial charge in [-0.3, -0.25) is 0 Å². The largest absolute Gasteiger partial charge is 0.271 e. The monoisotopic (exact) mass is 103 g/mol. The number of hydrogen-bond acceptors (Lipinski definition) is 2. The number of nitrogens with two attached hydrogens (primary N) is 2. The Kier molecular flexibility index (Phi) is 4.21. The summed E-state index contributed by atoms with van der Waals surface area (Å²) in [6.45, 7) is 0. The summed E-state index contributed by atoms with van der Waals surface area (Å²) in [4.78, 5) is 0. The van der Waals surface area contributed by atoms with E-state index in [4.69, 9.17) is 0 Å².